The zero-order chi connectivity index (χ0) is 15.7. The third kappa shape index (κ3) is 7.32. The van der Waals surface area contributed by atoms with Gasteiger partial charge in [-0.2, -0.15) is 0 Å². The van der Waals surface area contributed by atoms with Crippen LogP contribution in [0.2, 0.25) is 0 Å². The van der Waals surface area contributed by atoms with E-state index < -0.39 is 5.97 Å². The minimum atomic E-state index is -0.758. The van der Waals surface area contributed by atoms with Crippen molar-refractivity contribution in [3.05, 3.63) is 0 Å². The molecule has 3 N–H and O–H groups in total. The van der Waals surface area contributed by atoms with E-state index in [1.807, 2.05) is 6.92 Å². The summed E-state index contributed by atoms with van der Waals surface area (Å²) in [5.74, 6) is -0.410. The molecule has 0 aliphatic carbocycles. The fourth-order valence-corrected chi connectivity index (χ4v) is 2.54. The summed E-state index contributed by atoms with van der Waals surface area (Å²) in [5, 5.41) is 14.6. The third-order valence-electron chi connectivity index (χ3n) is 4.19. The summed E-state index contributed by atoms with van der Waals surface area (Å²) in [4.78, 5) is 22.5. The van der Waals surface area contributed by atoms with E-state index >= 15 is 0 Å². The van der Waals surface area contributed by atoms with E-state index in [1.54, 1.807) is 0 Å². The maximum absolute atomic E-state index is 11.9. The lowest BCUT2D eigenvalue weighted by Gasteiger charge is -2.34. The predicted molar refractivity (Wildman–Crippen MR) is 80.3 cm³/mol. The molecule has 1 heterocycles. The molecule has 21 heavy (non-hydrogen) atoms. The number of urea groups is 1. The number of hydrogen-bond donors (Lipinski definition) is 3. The van der Waals surface area contributed by atoms with Crippen molar-refractivity contribution < 1.29 is 19.4 Å². The first-order chi connectivity index (χ1) is 9.95. The number of carboxylic acids is 1. The van der Waals surface area contributed by atoms with Crippen LogP contribution in [0.3, 0.4) is 0 Å². The largest absolute Gasteiger partial charge is 0.481 e. The van der Waals surface area contributed by atoms with Crippen LogP contribution in [0.15, 0.2) is 0 Å². The normalized spacial score (nSPS) is 18.8. The quantitative estimate of drug-likeness (QED) is 0.641. The summed E-state index contributed by atoms with van der Waals surface area (Å²) in [6, 6.07) is -0.146. The molecule has 1 saturated heterocycles. The van der Waals surface area contributed by atoms with Gasteiger partial charge in [0, 0.05) is 31.7 Å². The van der Waals surface area contributed by atoms with Crippen LogP contribution >= 0.6 is 0 Å². The minimum Gasteiger partial charge on any atom is -0.481 e. The van der Waals surface area contributed by atoms with Crippen LogP contribution in [0, 0.1) is 5.92 Å². The van der Waals surface area contributed by atoms with E-state index in [1.165, 1.54) is 0 Å². The van der Waals surface area contributed by atoms with Crippen LogP contribution in [0.25, 0.3) is 0 Å². The van der Waals surface area contributed by atoms with Crippen molar-refractivity contribution >= 4 is 12.0 Å². The molecule has 0 bridgehead atoms. The number of carbonyl (C=O) groups is 2. The molecule has 6 nitrogen and oxygen atoms in total. The van der Waals surface area contributed by atoms with Gasteiger partial charge in [0.05, 0.1) is 0 Å². The number of rotatable bonds is 8. The maximum atomic E-state index is 11.9. The van der Waals surface area contributed by atoms with Gasteiger partial charge in [-0.05, 0) is 38.5 Å². The Labute approximate surface area is 126 Å². The molecule has 0 spiro atoms. The van der Waals surface area contributed by atoms with E-state index in [4.69, 9.17) is 9.84 Å². The smallest absolute Gasteiger partial charge is 0.315 e. The van der Waals surface area contributed by atoms with Crippen molar-refractivity contribution in [1.82, 2.24) is 10.6 Å². The Balaban J connectivity index is 2.21. The number of nitrogens with one attached hydrogen (secondary N) is 2. The van der Waals surface area contributed by atoms with Crippen LogP contribution in [0.5, 0.6) is 0 Å². The summed E-state index contributed by atoms with van der Waals surface area (Å²) in [6.45, 7) is 6.04. The Bertz CT molecular complexity index is 341. The van der Waals surface area contributed by atoms with Crippen molar-refractivity contribution in [2.24, 2.45) is 5.92 Å². The van der Waals surface area contributed by atoms with E-state index in [2.05, 4.69) is 17.6 Å². The highest BCUT2D eigenvalue weighted by molar-refractivity contribution is 5.74. The SMILES string of the molecule is CCC(CCNC(=O)NC1(C)CCOCC1)CCC(=O)O. The van der Waals surface area contributed by atoms with E-state index in [-0.39, 0.29) is 18.0 Å². The lowest BCUT2D eigenvalue weighted by Crippen LogP contribution is -2.53. The second-order valence-corrected chi connectivity index (χ2v) is 6.05. The number of ether oxygens (including phenoxy) is 1. The van der Waals surface area contributed by atoms with Crippen molar-refractivity contribution in [1.29, 1.82) is 0 Å². The molecule has 1 unspecified atom stereocenters. The molecule has 2 amide bonds. The number of carboxylic acid groups (broad SMARTS) is 1. The van der Waals surface area contributed by atoms with Gasteiger partial charge in [-0.25, -0.2) is 4.79 Å². The van der Waals surface area contributed by atoms with Crippen molar-refractivity contribution in [2.75, 3.05) is 19.8 Å². The second-order valence-electron chi connectivity index (χ2n) is 6.05. The Kier molecular flexibility index (Phi) is 7.50. The van der Waals surface area contributed by atoms with Gasteiger partial charge >= 0.3 is 12.0 Å². The number of carbonyl (C=O) groups excluding carboxylic acids is 1. The lowest BCUT2D eigenvalue weighted by molar-refractivity contribution is -0.137. The summed E-state index contributed by atoms with van der Waals surface area (Å²) in [5.41, 5.74) is -0.185. The number of amides is 2. The molecule has 1 aliphatic heterocycles. The van der Waals surface area contributed by atoms with Gasteiger partial charge in [0.2, 0.25) is 0 Å². The molecule has 1 rings (SSSR count). The second kappa shape index (κ2) is 8.87. The maximum Gasteiger partial charge on any atom is 0.315 e. The molecular formula is C15H28N2O4. The molecule has 0 aromatic heterocycles. The average molecular weight is 300 g/mol. The van der Waals surface area contributed by atoms with Crippen LogP contribution < -0.4 is 10.6 Å². The lowest BCUT2D eigenvalue weighted by atomic mass is 9.93. The zero-order valence-corrected chi connectivity index (χ0v) is 13.1. The summed E-state index contributed by atoms with van der Waals surface area (Å²) >= 11 is 0. The van der Waals surface area contributed by atoms with Gasteiger partial charge in [0.1, 0.15) is 0 Å². The first kappa shape index (κ1) is 17.8. The highest BCUT2D eigenvalue weighted by atomic mass is 16.5. The van der Waals surface area contributed by atoms with Crippen molar-refractivity contribution in [3.63, 3.8) is 0 Å². The molecule has 1 fully saturated rings. The molecule has 6 heteroatoms. The van der Waals surface area contributed by atoms with Gasteiger partial charge in [-0.1, -0.05) is 13.3 Å². The van der Waals surface area contributed by atoms with Crippen LogP contribution in [0.4, 0.5) is 4.79 Å². The average Bonchev–Trinajstić information content (AvgIpc) is 2.42. The number of aliphatic carboxylic acids is 1. The van der Waals surface area contributed by atoms with E-state index in [0.29, 0.717) is 32.1 Å². The Morgan fingerprint density at radius 3 is 2.52 bits per heavy atom. The zero-order valence-electron chi connectivity index (χ0n) is 13.1. The molecule has 1 aliphatic rings. The molecule has 0 aromatic carbocycles. The summed E-state index contributed by atoms with van der Waals surface area (Å²) in [6.07, 6.45) is 4.28. The highest BCUT2D eigenvalue weighted by Crippen LogP contribution is 2.19. The van der Waals surface area contributed by atoms with Gasteiger partial charge in [-0.15, -0.1) is 0 Å². The van der Waals surface area contributed by atoms with Gasteiger partial charge in [0.25, 0.3) is 0 Å². The molecular weight excluding hydrogens is 272 g/mol. The standard InChI is InChI=1S/C15H28N2O4/c1-3-12(4-5-13(18)19)6-9-16-14(20)17-15(2)7-10-21-11-8-15/h12H,3-11H2,1-2H3,(H,18,19)(H2,16,17,20). The summed E-state index contributed by atoms with van der Waals surface area (Å²) in [7, 11) is 0. The van der Waals surface area contributed by atoms with E-state index in [0.717, 1.165) is 25.7 Å². The Morgan fingerprint density at radius 2 is 1.95 bits per heavy atom. The van der Waals surface area contributed by atoms with Crippen molar-refractivity contribution in [3.8, 4) is 0 Å². The Morgan fingerprint density at radius 1 is 1.29 bits per heavy atom. The highest BCUT2D eigenvalue weighted by Gasteiger charge is 2.28. The minimum absolute atomic E-state index is 0.146. The predicted octanol–water partition coefficient (Wildman–Crippen LogP) is 2.14. The van der Waals surface area contributed by atoms with Gasteiger partial charge in [-0.3, -0.25) is 4.79 Å². The molecule has 0 aromatic rings. The third-order valence-corrected chi connectivity index (χ3v) is 4.19. The molecule has 0 saturated carbocycles. The first-order valence-corrected chi connectivity index (χ1v) is 7.81. The van der Waals surface area contributed by atoms with Crippen LogP contribution in [0.1, 0.15) is 52.4 Å². The van der Waals surface area contributed by atoms with Crippen LogP contribution in [-0.2, 0) is 9.53 Å². The topological polar surface area (TPSA) is 87.7 Å². The van der Waals surface area contributed by atoms with Gasteiger partial charge < -0.3 is 20.5 Å². The van der Waals surface area contributed by atoms with Crippen molar-refractivity contribution in [2.45, 2.75) is 57.9 Å². The molecule has 122 valence electrons. The summed E-state index contributed by atoms with van der Waals surface area (Å²) < 4.78 is 5.30. The fraction of sp³-hybridized carbons (Fsp3) is 0.867. The molecule has 1 atom stereocenters. The molecule has 0 radical (unpaired) electrons. The first-order valence-electron chi connectivity index (χ1n) is 7.81. The monoisotopic (exact) mass is 300 g/mol. The van der Waals surface area contributed by atoms with Gasteiger partial charge in [0.15, 0.2) is 0 Å². The number of hydrogen-bond acceptors (Lipinski definition) is 3. The Hall–Kier alpha value is -1.30. The fourth-order valence-electron chi connectivity index (χ4n) is 2.54. The van der Waals surface area contributed by atoms with Crippen LogP contribution in [-0.4, -0.2) is 42.4 Å². The van der Waals surface area contributed by atoms with E-state index in [9.17, 15) is 9.59 Å².